The van der Waals surface area contributed by atoms with E-state index >= 15 is 0 Å². The molecule has 0 fully saturated rings. The van der Waals surface area contributed by atoms with Gasteiger partial charge in [0.1, 0.15) is 11.4 Å². The predicted molar refractivity (Wildman–Crippen MR) is 51.1 cm³/mol. The molecule has 0 unspecified atom stereocenters. The number of nitrogen functional groups attached to an aromatic ring is 1. The van der Waals surface area contributed by atoms with Crippen LogP contribution in [0.1, 0.15) is 10.4 Å². The Kier molecular flexibility index (Phi) is 2.72. The number of thioether (sulfide) groups is 1. The van der Waals surface area contributed by atoms with Crippen molar-refractivity contribution in [3.8, 4) is 0 Å². The molecule has 0 aliphatic rings. The quantitative estimate of drug-likeness (QED) is 0.408. The van der Waals surface area contributed by atoms with Crippen LogP contribution in [0.5, 0.6) is 0 Å². The maximum atomic E-state index is 11.4. The van der Waals surface area contributed by atoms with Gasteiger partial charge < -0.3 is 5.73 Å². The van der Waals surface area contributed by atoms with Crippen molar-refractivity contribution in [3.05, 3.63) is 15.9 Å². The van der Waals surface area contributed by atoms with Gasteiger partial charge in [-0.05, 0) is 6.26 Å². The van der Waals surface area contributed by atoms with Gasteiger partial charge in [-0.25, -0.2) is 4.98 Å². The van der Waals surface area contributed by atoms with E-state index in [-0.39, 0.29) is 11.4 Å². The Hall–Kier alpha value is -1.30. The second-order valence-electron chi connectivity index (χ2n) is 2.38. The molecule has 1 aromatic heterocycles. The molecule has 2 N–H and O–H groups in total. The zero-order valence-electron chi connectivity index (χ0n) is 7.27. The van der Waals surface area contributed by atoms with Crippen LogP contribution in [0, 0.1) is 0 Å². The molecule has 0 aliphatic heterocycles. The number of carbonyl (C=O) groups is 1. The minimum absolute atomic E-state index is 0.0116. The van der Waals surface area contributed by atoms with E-state index in [0.29, 0.717) is 11.4 Å². The highest BCUT2D eigenvalue weighted by Crippen LogP contribution is 2.11. The van der Waals surface area contributed by atoms with Crippen molar-refractivity contribution in [1.29, 1.82) is 0 Å². The topological polar surface area (TPSA) is 78.0 Å². The number of aldehydes is 1. The first-order valence-corrected chi connectivity index (χ1v) is 4.70. The van der Waals surface area contributed by atoms with E-state index in [1.807, 2.05) is 0 Å². The predicted octanol–water partition coefficient (Wildman–Crippen LogP) is -0.103. The van der Waals surface area contributed by atoms with Gasteiger partial charge in [-0.3, -0.25) is 14.2 Å². The summed E-state index contributed by atoms with van der Waals surface area (Å²) >= 11 is 1.30. The third kappa shape index (κ3) is 1.57. The summed E-state index contributed by atoms with van der Waals surface area (Å²) in [6.07, 6.45) is 2.20. The Morgan fingerprint density at radius 2 is 2.23 bits per heavy atom. The fourth-order valence-corrected chi connectivity index (χ4v) is 1.46. The molecule has 0 spiro atoms. The molecule has 0 bridgehead atoms. The van der Waals surface area contributed by atoms with Crippen molar-refractivity contribution in [3.63, 3.8) is 0 Å². The molecule has 0 atom stereocenters. The van der Waals surface area contributed by atoms with E-state index in [4.69, 9.17) is 5.73 Å². The zero-order valence-corrected chi connectivity index (χ0v) is 8.09. The maximum Gasteiger partial charge on any atom is 0.266 e. The van der Waals surface area contributed by atoms with Gasteiger partial charge in [0, 0.05) is 7.05 Å². The summed E-state index contributed by atoms with van der Waals surface area (Å²) < 4.78 is 1.30. The molecule has 0 aliphatic carbocycles. The maximum absolute atomic E-state index is 11.4. The van der Waals surface area contributed by atoms with Crippen molar-refractivity contribution in [2.24, 2.45) is 7.05 Å². The van der Waals surface area contributed by atoms with E-state index in [1.165, 1.54) is 16.3 Å². The highest BCUT2D eigenvalue weighted by molar-refractivity contribution is 7.98. The van der Waals surface area contributed by atoms with Crippen molar-refractivity contribution < 1.29 is 4.79 Å². The number of nitrogens with two attached hydrogens (primary N) is 1. The van der Waals surface area contributed by atoms with Crippen molar-refractivity contribution in [2.75, 3.05) is 12.0 Å². The first-order chi connectivity index (χ1) is 6.11. The Labute approximate surface area is 79.0 Å². The molecule has 1 heterocycles. The Morgan fingerprint density at radius 3 is 2.69 bits per heavy atom. The summed E-state index contributed by atoms with van der Waals surface area (Å²) in [4.78, 5) is 25.8. The van der Waals surface area contributed by atoms with Crippen molar-refractivity contribution in [2.45, 2.75) is 5.16 Å². The van der Waals surface area contributed by atoms with Gasteiger partial charge in [-0.1, -0.05) is 11.8 Å². The van der Waals surface area contributed by atoms with Crippen LogP contribution in [0.3, 0.4) is 0 Å². The third-order valence-electron chi connectivity index (χ3n) is 1.61. The van der Waals surface area contributed by atoms with Gasteiger partial charge in [-0.2, -0.15) is 0 Å². The molecule has 5 nitrogen and oxygen atoms in total. The average molecular weight is 199 g/mol. The van der Waals surface area contributed by atoms with E-state index in [9.17, 15) is 9.59 Å². The Bertz CT molecular complexity index is 399. The van der Waals surface area contributed by atoms with Crippen molar-refractivity contribution in [1.82, 2.24) is 9.55 Å². The minimum atomic E-state index is -0.410. The fourth-order valence-electron chi connectivity index (χ4n) is 0.909. The van der Waals surface area contributed by atoms with Crippen LogP contribution in [0.25, 0.3) is 0 Å². The molecule has 0 amide bonds. The number of hydrogen-bond acceptors (Lipinski definition) is 5. The number of rotatable bonds is 2. The number of anilines is 1. The summed E-state index contributed by atoms with van der Waals surface area (Å²) in [6, 6.07) is 0. The number of aromatic nitrogens is 2. The lowest BCUT2D eigenvalue weighted by molar-refractivity contribution is 0.112. The lowest BCUT2D eigenvalue weighted by Gasteiger charge is -2.05. The van der Waals surface area contributed by atoms with Gasteiger partial charge >= 0.3 is 0 Å². The van der Waals surface area contributed by atoms with E-state index in [2.05, 4.69) is 4.98 Å². The summed E-state index contributed by atoms with van der Waals surface area (Å²) in [5.74, 6) is -0.0116. The molecule has 0 radical (unpaired) electrons. The third-order valence-corrected chi connectivity index (χ3v) is 2.34. The van der Waals surface area contributed by atoms with Gasteiger partial charge in [0.2, 0.25) is 0 Å². The van der Waals surface area contributed by atoms with E-state index < -0.39 is 5.56 Å². The number of carbonyl (C=O) groups excluding carboxylic acids is 1. The second kappa shape index (κ2) is 3.61. The second-order valence-corrected chi connectivity index (χ2v) is 3.15. The fraction of sp³-hybridized carbons (Fsp3) is 0.286. The van der Waals surface area contributed by atoms with Gasteiger partial charge in [0.25, 0.3) is 5.56 Å². The minimum Gasteiger partial charge on any atom is -0.383 e. The first-order valence-electron chi connectivity index (χ1n) is 3.47. The van der Waals surface area contributed by atoms with Crippen LogP contribution in [0.15, 0.2) is 9.95 Å². The molecule has 0 saturated heterocycles. The SMILES string of the molecule is CSc1nc(N)c(C=O)c(=O)n1C. The van der Waals surface area contributed by atoms with Gasteiger partial charge in [0.15, 0.2) is 11.4 Å². The molecule has 1 aromatic rings. The molecule has 13 heavy (non-hydrogen) atoms. The van der Waals surface area contributed by atoms with Gasteiger partial charge in [-0.15, -0.1) is 0 Å². The summed E-state index contributed by atoms with van der Waals surface area (Å²) in [5, 5.41) is 0.494. The smallest absolute Gasteiger partial charge is 0.266 e. The monoisotopic (exact) mass is 199 g/mol. The molecule has 1 rings (SSSR count). The lowest BCUT2D eigenvalue weighted by atomic mass is 10.3. The molecular formula is C7H9N3O2S. The zero-order chi connectivity index (χ0) is 10.0. The van der Waals surface area contributed by atoms with Crippen LogP contribution in [-0.4, -0.2) is 22.1 Å². The van der Waals surface area contributed by atoms with Crippen LogP contribution in [-0.2, 0) is 7.05 Å². The Balaban J connectivity index is 3.55. The summed E-state index contributed by atoms with van der Waals surface area (Å²) in [6.45, 7) is 0. The van der Waals surface area contributed by atoms with Crippen LogP contribution in [0.2, 0.25) is 0 Å². The molecule has 6 heteroatoms. The van der Waals surface area contributed by atoms with Crippen molar-refractivity contribution >= 4 is 23.9 Å². The molecular weight excluding hydrogens is 190 g/mol. The van der Waals surface area contributed by atoms with E-state index in [0.717, 1.165) is 0 Å². The number of hydrogen-bond donors (Lipinski definition) is 1. The van der Waals surface area contributed by atoms with Gasteiger partial charge in [0.05, 0.1) is 0 Å². The van der Waals surface area contributed by atoms with Crippen LogP contribution in [0.4, 0.5) is 5.82 Å². The standard InChI is InChI=1S/C7H9N3O2S/c1-10-6(12)4(3-11)5(8)9-7(10)13-2/h3H,8H2,1-2H3. The highest BCUT2D eigenvalue weighted by atomic mass is 32.2. The van der Waals surface area contributed by atoms with Crippen LogP contribution < -0.4 is 11.3 Å². The largest absolute Gasteiger partial charge is 0.383 e. The lowest BCUT2D eigenvalue weighted by Crippen LogP contribution is -2.25. The molecule has 0 aromatic carbocycles. The molecule has 70 valence electrons. The highest BCUT2D eigenvalue weighted by Gasteiger charge is 2.10. The van der Waals surface area contributed by atoms with Crippen LogP contribution >= 0.6 is 11.8 Å². The summed E-state index contributed by atoms with van der Waals surface area (Å²) in [5.41, 5.74) is 4.91. The molecule has 0 saturated carbocycles. The Morgan fingerprint density at radius 1 is 1.62 bits per heavy atom. The summed E-state index contributed by atoms with van der Waals surface area (Å²) in [7, 11) is 1.55. The number of nitrogens with zero attached hydrogens (tertiary/aromatic N) is 2. The normalized spacial score (nSPS) is 10.0. The average Bonchev–Trinajstić information content (AvgIpc) is 2.12. The first kappa shape index (κ1) is 9.79. The van der Waals surface area contributed by atoms with E-state index in [1.54, 1.807) is 13.3 Å².